The average molecular weight is 310 g/mol. The molecule has 6 heteroatoms. The van der Waals surface area contributed by atoms with E-state index in [1.165, 1.54) is 12.4 Å². The van der Waals surface area contributed by atoms with Crippen molar-refractivity contribution in [2.24, 2.45) is 0 Å². The van der Waals surface area contributed by atoms with Gasteiger partial charge in [0.1, 0.15) is 11.2 Å². The van der Waals surface area contributed by atoms with E-state index < -0.39 is 0 Å². The molecule has 1 aromatic carbocycles. The van der Waals surface area contributed by atoms with Crippen molar-refractivity contribution >= 4 is 39.0 Å². The number of nitrogens with one attached hydrogen (secondary N) is 1. The van der Waals surface area contributed by atoms with Gasteiger partial charge in [-0.2, -0.15) is 5.26 Å². The molecule has 1 aromatic heterocycles. The van der Waals surface area contributed by atoms with Gasteiger partial charge >= 0.3 is 0 Å². The molecule has 0 saturated carbocycles. The lowest BCUT2D eigenvalue weighted by Crippen LogP contribution is -1.97. The predicted octanol–water partition coefficient (Wildman–Crippen LogP) is 3.51. The van der Waals surface area contributed by atoms with E-state index in [4.69, 9.17) is 16.9 Å². The number of rotatable bonds is 2. The molecule has 17 heavy (non-hydrogen) atoms. The minimum Gasteiger partial charge on any atom is -0.338 e. The van der Waals surface area contributed by atoms with Crippen LogP contribution in [0.15, 0.2) is 35.1 Å². The highest BCUT2D eigenvalue weighted by atomic mass is 79.9. The van der Waals surface area contributed by atoms with Gasteiger partial charge in [-0.1, -0.05) is 27.5 Å². The zero-order valence-corrected chi connectivity index (χ0v) is 10.8. The quantitative estimate of drug-likeness (QED) is 0.922. The molecule has 0 amide bonds. The van der Waals surface area contributed by atoms with Crippen LogP contribution in [-0.2, 0) is 0 Å². The maximum Gasteiger partial charge on any atom is 0.150 e. The highest BCUT2D eigenvalue weighted by Gasteiger charge is 2.04. The minimum atomic E-state index is 0.295. The number of hydrogen-bond acceptors (Lipinski definition) is 4. The molecule has 0 aliphatic rings. The number of halogens is 2. The van der Waals surface area contributed by atoms with Crippen molar-refractivity contribution in [1.82, 2.24) is 9.97 Å². The molecule has 4 nitrogen and oxygen atoms in total. The second-order valence-electron chi connectivity index (χ2n) is 3.15. The standard InChI is InChI=1S/C11H6BrClN4/c12-8-2-1-7(4-14)9(3-8)16-11-6-15-5-10(13)17-11/h1-3,5-6H,(H,16,17). The van der Waals surface area contributed by atoms with E-state index in [0.29, 0.717) is 22.2 Å². The molecule has 0 unspecified atom stereocenters. The van der Waals surface area contributed by atoms with Gasteiger partial charge in [0.05, 0.1) is 23.6 Å². The summed E-state index contributed by atoms with van der Waals surface area (Å²) in [7, 11) is 0. The van der Waals surface area contributed by atoms with Crippen LogP contribution >= 0.6 is 27.5 Å². The summed E-state index contributed by atoms with van der Waals surface area (Å²) in [5, 5.41) is 12.3. The topological polar surface area (TPSA) is 61.6 Å². The highest BCUT2D eigenvalue weighted by molar-refractivity contribution is 9.10. The van der Waals surface area contributed by atoms with Gasteiger partial charge in [0.25, 0.3) is 0 Å². The number of benzene rings is 1. The first-order valence-corrected chi connectivity index (χ1v) is 5.80. The van der Waals surface area contributed by atoms with Crippen LogP contribution in [0.4, 0.5) is 11.5 Å². The second kappa shape index (κ2) is 5.13. The van der Waals surface area contributed by atoms with Gasteiger partial charge in [-0.25, -0.2) is 4.98 Å². The van der Waals surface area contributed by atoms with Crippen molar-refractivity contribution in [3.8, 4) is 6.07 Å². The molecule has 0 saturated heterocycles. The molecule has 1 heterocycles. The normalized spacial score (nSPS) is 9.71. The van der Waals surface area contributed by atoms with Gasteiger partial charge in [-0.05, 0) is 18.2 Å². The molecule has 0 aliphatic carbocycles. The molecule has 1 N–H and O–H groups in total. The zero-order chi connectivity index (χ0) is 12.3. The van der Waals surface area contributed by atoms with E-state index in [-0.39, 0.29) is 0 Å². The Kier molecular flexibility index (Phi) is 3.57. The smallest absolute Gasteiger partial charge is 0.150 e. The Hall–Kier alpha value is -1.64. The van der Waals surface area contributed by atoms with Crippen molar-refractivity contribution in [2.45, 2.75) is 0 Å². The fourth-order valence-electron chi connectivity index (χ4n) is 1.26. The lowest BCUT2D eigenvalue weighted by atomic mass is 10.2. The van der Waals surface area contributed by atoms with Crippen molar-refractivity contribution in [2.75, 3.05) is 5.32 Å². The van der Waals surface area contributed by atoms with Crippen LogP contribution in [-0.4, -0.2) is 9.97 Å². The Balaban J connectivity index is 2.36. The SMILES string of the molecule is N#Cc1ccc(Br)cc1Nc1cncc(Cl)n1. The molecule has 0 spiro atoms. The van der Waals surface area contributed by atoms with Gasteiger partial charge in [0, 0.05) is 4.47 Å². The first-order chi connectivity index (χ1) is 8.19. The van der Waals surface area contributed by atoms with Gasteiger partial charge in [0.15, 0.2) is 5.82 Å². The van der Waals surface area contributed by atoms with Crippen molar-refractivity contribution in [3.63, 3.8) is 0 Å². The highest BCUT2D eigenvalue weighted by Crippen LogP contribution is 2.23. The Labute approximate surface area is 111 Å². The van der Waals surface area contributed by atoms with Crippen molar-refractivity contribution < 1.29 is 0 Å². The van der Waals surface area contributed by atoms with E-state index >= 15 is 0 Å². The molecule has 0 atom stereocenters. The van der Waals surface area contributed by atoms with E-state index in [2.05, 4.69) is 37.3 Å². The number of nitrogens with zero attached hydrogens (tertiary/aromatic N) is 3. The summed E-state index contributed by atoms with van der Waals surface area (Å²) in [4.78, 5) is 7.95. The summed E-state index contributed by atoms with van der Waals surface area (Å²) in [5.74, 6) is 0.493. The van der Waals surface area contributed by atoms with Crippen LogP contribution in [0.2, 0.25) is 5.15 Å². The Morgan fingerprint density at radius 2 is 2.18 bits per heavy atom. The van der Waals surface area contributed by atoms with E-state index in [1.54, 1.807) is 18.2 Å². The van der Waals surface area contributed by atoms with Crippen molar-refractivity contribution in [1.29, 1.82) is 5.26 Å². The summed E-state index contributed by atoms with van der Waals surface area (Å²) >= 11 is 9.07. The fourth-order valence-corrected chi connectivity index (χ4v) is 1.77. The fraction of sp³-hybridized carbons (Fsp3) is 0. The summed E-state index contributed by atoms with van der Waals surface area (Å²) in [5.41, 5.74) is 1.17. The maximum absolute atomic E-state index is 8.97. The van der Waals surface area contributed by atoms with Crippen LogP contribution in [0.1, 0.15) is 5.56 Å². The number of anilines is 2. The molecule has 0 fully saturated rings. The van der Waals surface area contributed by atoms with Crippen LogP contribution < -0.4 is 5.32 Å². The summed E-state index contributed by atoms with van der Waals surface area (Å²) in [6, 6.07) is 7.40. The molecule has 84 valence electrons. The summed E-state index contributed by atoms with van der Waals surface area (Å²) < 4.78 is 0.869. The van der Waals surface area contributed by atoms with Crippen molar-refractivity contribution in [3.05, 3.63) is 45.8 Å². The third-order valence-electron chi connectivity index (χ3n) is 1.97. The average Bonchev–Trinajstić information content (AvgIpc) is 2.29. The minimum absolute atomic E-state index is 0.295. The summed E-state index contributed by atoms with van der Waals surface area (Å²) in [6.07, 6.45) is 2.98. The van der Waals surface area contributed by atoms with Gasteiger partial charge < -0.3 is 5.32 Å². The van der Waals surface area contributed by atoms with E-state index in [9.17, 15) is 0 Å². The number of aromatic nitrogens is 2. The maximum atomic E-state index is 8.97. The van der Waals surface area contributed by atoms with E-state index in [1.807, 2.05) is 0 Å². The van der Waals surface area contributed by atoms with Gasteiger partial charge in [-0.3, -0.25) is 4.98 Å². The molecule has 0 radical (unpaired) electrons. The largest absolute Gasteiger partial charge is 0.338 e. The first-order valence-electron chi connectivity index (χ1n) is 4.63. The van der Waals surface area contributed by atoms with Crippen LogP contribution in [0.5, 0.6) is 0 Å². The lowest BCUT2D eigenvalue weighted by molar-refractivity contribution is 1.20. The van der Waals surface area contributed by atoms with Crippen LogP contribution in [0.25, 0.3) is 0 Å². The van der Waals surface area contributed by atoms with Gasteiger partial charge in [0.2, 0.25) is 0 Å². The number of nitriles is 1. The summed E-state index contributed by atoms with van der Waals surface area (Å²) in [6.45, 7) is 0. The second-order valence-corrected chi connectivity index (χ2v) is 4.46. The molecular formula is C11H6BrClN4. The zero-order valence-electron chi connectivity index (χ0n) is 8.48. The lowest BCUT2D eigenvalue weighted by Gasteiger charge is -2.07. The molecule has 2 rings (SSSR count). The monoisotopic (exact) mass is 308 g/mol. The molecule has 0 bridgehead atoms. The Morgan fingerprint density at radius 1 is 1.35 bits per heavy atom. The predicted molar refractivity (Wildman–Crippen MR) is 69.2 cm³/mol. The van der Waals surface area contributed by atoms with Crippen LogP contribution in [0.3, 0.4) is 0 Å². The molecular weight excluding hydrogens is 304 g/mol. The van der Waals surface area contributed by atoms with E-state index in [0.717, 1.165) is 4.47 Å². The number of hydrogen-bond donors (Lipinski definition) is 1. The molecule has 0 aliphatic heterocycles. The third kappa shape index (κ3) is 2.93. The van der Waals surface area contributed by atoms with Gasteiger partial charge in [-0.15, -0.1) is 0 Å². The Morgan fingerprint density at radius 3 is 2.88 bits per heavy atom. The Bertz CT molecular complexity index is 594. The third-order valence-corrected chi connectivity index (χ3v) is 2.65. The molecule has 2 aromatic rings. The van der Waals surface area contributed by atoms with Crippen LogP contribution in [0, 0.1) is 11.3 Å². The first kappa shape index (κ1) is 11.8.